The first-order valence-corrected chi connectivity index (χ1v) is 8.47. The van der Waals surface area contributed by atoms with Gasteiger partial charge in [-0.2, -0.15) is 4.31 Å². The Bertz CT molecular complexity index is 573. The molecule has 1 fully saturated rings. The summed E-state index contributed by atoms with van der Waals surface area (Å²) in [5.74, 6) is -0.736. The van der Waals surface area contributed by atoms with Crippen LogP contribution in [0.3, 0.4) is 0 Å². The molecule has 1 aliphatic rings. The minimum absolute atomic E-state index is 0.0282. The van der Waals surface area contributed by atoms with Crippen molar-refractivity contribution in [3.8, 4) is 0 Å². The first-order valence-electron chi connectivity index (χ1n) is 7.03. The molecule has 0 radical (unpaired) electrons. The lowest BCUT2D eigenvalue weighted by Gasteiger charge is -2.34. The van der Waals surface area contributed by atoms with Crippen LogP contribution in [0, 0.1) is 5.82 Å². The zero-order valence-corrected chi connectivity index (χ0v) is 12.5. The summed E-state index contributed by atoms with van der Waals surface area (Å²) in [5.41, 5.74) is 5.86. The molecule has 112 valence electrons. The van der Waals surface area contributed by atoms with Gasteiger partial charge in [0.05, 0.1) is 0 Å². The molecular weight excluding hydrogens is 279 g/mol. The SMILES string of the molecule is CCCC1CCCCN1S(=O)(=O)c1cc(N)ccc1F. The van der Waals surface area contributed by atoms with Crippen molar-refractivity contribution in [2.45, 2.75) is 50.0 Å². The number of piperidine rings is 1. The number of hydrogen-bond acceptors (Lipinski definition) is 3. The van der Waals surface area contributed by atoms with Gasteiger partial charge in [-0.3, -0.25) is 0 Å². The number of benzene rings is 1. The van der Waals surface area contributed by atoms with Gasteiger partial charge in [-0.1, -0.05) is 19.8 Å². The maximum atomic E-state index is 13.9. The molecule has 2 N–H and O–H groups in total. The van der Waals surface area contributed by atoms with Crippen LogP contribution in [0.15, 0.2) is 23.1 Å². The topological polar surface area (TPSA) is 63.4 Å². The van der Waals surface area contributed by atoms with E-state index in [1.807, 2.05) is 6.92 Å². The molecule has 0 spiro atoms. The summed E-state index contributed by atoms with van der Waals surface area (Å²) in [6, 6.07) is 3.66. The lowest BCUT2D eigenvalue weighted by molar-refractivity contribution is 0.239. The van der Waals surface area contributed by atoms with Gasteiger partial charge in [0.1, 0.15) is 10.7 Å². The number of halogens is 1. The molecule has 20 heavy (non-hydrogen) atoms. The second kappa shape index (κ2) is 6.10. The molecule has 0 amide bonds. The third kappa shape index (κ3) is 2.96. The van der Waals surface area contributed by atoms with Crippen LogP contribution in [-0.2, 0) is 10.0 Å². The molecule has 2 rings (SSSR count). The highest BCUT2D eigenvalue weighted by molar-refractivity contribution is 7.89. The Morgan fingerprint density at radius 1 is 1.40 bits per heavy atom. The summed E-state index contributed by atoms with van der Waals surface area (Å²) in [5, 5.41) is 0. The highest BCUT2D eigenvalue weighted by Gasteiger charge is 2.34. The van der Waals surface area contributed by atoms with E-state index in [4.69, 9.17) is 5.73 Å². The highest BCUT2D eigenvalue weighted by Crippen LogP contribution is 2.29. The van der Waals surface area contributed by atoms with Gasteiger partial charge < -0.3 is 5.73 Å². The number of hydrogen-bond donors (Lipinski definition) is 1. The highest BCUT2D eigenvalue weighted by atomic mass is 32.2. The predicted molar refractivity (Wildman–Crippen MR) is 77.3 cm³/mol. The Morgan fingerprint density at radius 3 is 2.85 bits per heavy atom. The van der Waals surface area contributed by atoms with Gasteiger partial charge in [0.2, 0.25) is 10.0 Å². The van der Waals surface area contributed by atoms with Crippen LogP contribution in [0.25, 0.3) is 0 Å². The zero-order chi connectivity index (χ0) is 14.8. The number of rotatable bonds is 4. The molecule has 1 unspecified atom stereocenters. The molecule has 0 aliphatic carbocycles. The van der Waals surface area contributed by atoms with Gasteiger partial charge in [0.25, 0.3) is 0 Å². The Kier molecular flexibility index (Phi) is 4.65. The van der Waals surface area contributed by atoms with E-state index in [9.17, 15) is 12.8 Å². The van der Waals surface area contributed by atoms with Crippen molar-refractivity contribution in [3.63, 3.8) is 0 Å². The maximum Gasteiger partial charge on any atom is 0.246 e. The van der Waals surface area contributed by atoms with Crippen molar-refractivity contribution >= 4 is 15.7 Å². The summed E-state index contributed by atoms with van der Waals surface area (Å²) in [7, 11) is -3.81. The minimum atomic E-state index is -3.81. The van der Waals surface area contributed by atoms with Crippen molar-refractivity contribution in [2.75, 3.05) is 12.3 Å². The summed E-state index contributed by atoms with van der Waals surface area (Å²) in [6.07, 6.45) is 4.41. The molecule has 0 saturated carbocycles. The van der Waals surface area contributed by atoms with Crippen LogP contribution in [0.2, 0.25) is 0 Å². The fourth-order valence-corrected chi connectivity index (χ4v) is 4.58. The second-order valence-corrected chi connectivity index (χ2v) is 7.10. The van der Waals surface area contributed by atoms with E-state index in [1.165, 1.54) is 16.4 Å². The molecule has 1 heterocycles. The van der Waals surface area contributed by atoms with E-state index in [0.717, 1.165) is 38.2 Å². The fourth-order valence-electron chi connectivity index (χ4n) is 2.76. The third-order valence-corrected chi connectivity index (χ3v) is 5.70. The van der Waals surface area contributed by atoms with Crippen LogP contribution in [0.5, 0.6) is 0 Å². The Morgan fingerprint density at radius 2 is 2.15 bits per heavy atom. The summed E-state index contributed by atoms with van der Waals surface area (Å²) < 4.78 is 40.7. The average molecular weight is 300 g/mol. The molecule has 6 heteroatoms. The van der Waals surface area contributed by atoms with Crippen LogP contribution in [-0.4, -0.2) is 25.3 Å². The molecule has 1 saturated heterocycles. The monoisotopic (exact) mass is 300 g/mol. The van der Waals surface area contributed by atoms with Gasteiger partial charge in [-0.25, -0.2) is 12.8 Å². The van der Waals surface area contributed by atoms with Crippen LogP contribution >= 0.6 is 0 Å². The van der Waals surface area contributed by atoms with Gasteiger partial charge in [0, 0.05) is 18.3 Å². The lowest BCUT2D eigenvalue weighted by Crippen LogP contribution is -2.43. The van der Waals surface area contributed by atoms with E-state index in [1.54, 1.807) is 0 Å². The summed E-state index contributed by atoms with van der Waals surface area (Å²) in [4.78, 5) is -0.305. The standard InChI is InChI=1S/C14H21FN2O2S/c1-2-5-12-6-3-4-9-17(12)20(18,19)14-10-11(16)7-8-13(14)15/h7-8,10,12H,2-6,9,16H2,1H3. The van der Waals surface area contributed by atoms with Crippen LogP contribution in [0.1, 0.15) is 39.0 Å². The fraction of sp³-hybridized carbons (Fsp3) is 0.571. The molecule has 1 aliphatic heterocycles. The summed E-state index contributed by atoms with van der Waals surface area (Å²) >= 11 is 0. The number of anilines is 1. The average Bonchev–Trinajstić information content (AvgIpc) is 2.42. The normalized spacial score (nSPS) is 21.0. The molecule has 1 atom stereocenters. The Labute approximate surface area is 119 Å². The molecule has 0 aromatic heterocycles. The predicted octanol–water partition coefficient (Wildman–Crippen LogP) is 2.75. The minimum Gasteiger partial charge on any atom is -0.399 e. The molecule has 4 nitrogen and oxygen atoms in total. The van der Waals surface area contributed by atoms with Gasteiger partial charge in [0.15, 0.2) is 0 Å². The molecule has 1 aromatic carbocycles. The Balaban J connectivity index is 2.39. The second-order valence-electron chi connectivity index (χ2n) is 5.24. The lowest BCUT2D eigenvalue weighted by atomic mass is 10.0. The zero-order valence-electron chi connectivity index (χ0n) is 11.7. The number of sulfonamides is 1. The first-order chi connectivity index (χ1) is 9.46. The Hall–Kier alpha value is -1.14. The van der Waals surface area contributed by atoms with Gasteiger partial charge >= 0.3 is 0 Å². The van der Waals surface area contributed by atoms with Crippen molar-refractivity contribution < 1.29 is 12.8 Å². The van der Waals surface area contributed by atoms with E-state index in [2.05, 4.69) is 0 Å². The van der Waals surface area contributed by atoms with Crippen molar-refractivity contribution in [3.05, 3.63) is 24.0 Å². The maximum absolute atomic E-state index is 13.9. The van der Waals surface area contributed by atoms with Gasteiger partial charge in [-0.05, 0) is 37.5 Å². The van der Waals surface area contributed by atoms with E-state index >= 15 is 0 Å². The smallest absolute Gasteiger partial charge is 0.246 e. The molecule has 0 bridgehead atoms. The molecule has 1 aromatic rings. The van der Waals surface area contributed by atoms with Crippen molar-refractivity contribution in [1.29, 1.82) is 0 Å². The molecular formula is C14H21FN2O2S. The number of nitrogen functional groups attached to an aromatic ring is 1. The number of nitrogens with two attached hydrogens (primary N) is 1. The van der Waals surface area contributed by atoms with Crippen LogP contribution < -0.4 is 5.73 Å². The van der Waals surface area contributed by atoms with Crippen LogP contribution in [0.4, 0.5) is 10.1 Å². The quantitative estimate of drug-likeness (QED) is 0.870. The van der Waals surface area contributed by atoms with Gasteiger partial charge in [-0.15, -0.1) is 0 Å². The number of nitrogens with zero attached hydrogens (tertiary/aromatic N) is 1. The summed E-state index contributed by atoms with van der Waals surface area (Å²) in [6.45, 7) is 2.49. The third-order valence-electron chi connectivity index (χ3n) is 3.74. The largest absolute Gasteiger partial charge is 0.399 e. The van der Waals surface area contributed by atoms with E-state index in [-0.39, 0.29) is 16.6 Å². The van der Waals surface area contributed by atoms with E-state index in [0.29, 0.717) is 6.54 Å². The van der Waals surface area contributed by atoms with Crippen molar-refractivity contribution in [1.82, 2.24) is 4.31 Å². The van der Waals surface area contributed by atoms with E-state index < -0.39 is 15.8 Å². The first kappa shape index (κ1) is 15.3. The van der Waals surface area contributed by atoms with Crippen molar-refractivity contribution in [2.24, 2.45) is 0 Å².